The van der Waals surface area contributed by atoms with E-state index in [4.69, 9.17) is 0 Å². The highest BCUT2D eigenvalue weighted by atomic mass is 32.2. The van der Waals surface area contributed by atoms with E-state index < -0.39 is 20.7 Å². The van der Waals surface area contributed by atoms with Crippen LogP contribution in [0.2, 0.25) is 0 Å². The van der Waals surface area contributed by atoms with E-state index in [0.717, 1.165) is 29.8 Å². The van der Waals surface area contributed by atoms with Gasteiger partial charge in [0, 0.05) is 50.6 Å². The number of carbonyl (C=O) groups is 1. The minimum atomic E-state index is -3.99. The van der Waals surface area contributed by atoms with Crippen molar-refractivity contribution in [3.05, 3.63) is 59.7 Å². The van der Waals surface area contributed by atoms with E-state index in [2.05, 4.69) is 41.0 Å². The van der Waals surface area contributed by atoms with Gasteiger partial charge in [0.2, 0.25) is 10.0 Å². The summed E-state index contributed by atoms with van der Waals surface area (Å²) in [7, 11) is -3.99. The largest absolute Gasteiger partial charge is 0.371 e. The standard InChI is InChI=1S/C27H38N4O4S/c1-3-4-5-23-8-12-25(13-9-23)30-18-20-31(21-19-30)36(34,35)27(26(32)28-33)14-16-29(17-15-27)24-10-6-22(2)7-11-24/h6-13,33H,3-5,14-21H2,1-2H3,(H,28,32). The van der Waals surface area contributed by atoms with Gasteiger partial charge in [-0.15, -0.1) is 0 Å². The number of piperidine rings is 1. The number of anilines is 2. The quantitative estimate of drug-likeness (QED) is 0.415. The van der Waals surface area contributed by atoms with Gasteiger partial charge in [0.1, 0.15) is 0 Å². The molecule has 2 aromatic rings. The van der Waals surface area contributed by atoms with Crippen molar-refractivity contribution in [1.82, 2.24) is 9.79 Å². The van der Waals surface area contributed by atoms with Crippen molar-refractivity contribution in [2.75, 3.05) is 49.1 Å². The molecule has 2 heterocycles. The van der Waals surface area contributed by atoms with Gasteiger partial charge in [0.25, 0.3) is 5.91 Å². The summed E-state index contributed by atoms with van der Waals surface area (Å²) in [6.07, 6.45) is 3.64. The highest BCUT2D eigenvalue weighted by Gasteiger charge is 2.55. The molecule has 2 N–H and O–H groups in total. The molecule has 0 radical (unpaired) electrons. The number of nitrogens with zero attached hydrogens (tertiary/aromatic N) is 3. The molecule has 1 amide bonds. The molecule has 9 heteroatoms. The molecular weight excluding hydrogens is 476 g/mol. The fourth-order valence-electron chi connectivity index (χ4n) is 5.27. The highest BCUT2D eigenvalue weighted by molar-refractivity contribution is 7.91. The molecule has 36 heavy (non-hydrogen) atoms. The van der Waals surface area contributed by atoms with Crippen LogP contribution in [0, 0.1) is 6.92 Å². The normalized spacial score (nSPS) is 18.8. The maximum atomic E-state index is 13.9. The first-order valence-electron chi connectivity index (χ1n) is 12.9. The van der Waals surface area contributed by atoms with Crippen molar-refractivity contribution in [2.24, 2.45) is 0 Å². The Morgan fingerprint density at radius 3 is 1.94 bits per heavy atom. The molecule has 0 unspecified atom stereocenters. The van der Waals surface area contributed by atoms with Crippen LogP contribution >= 0.6 is 0 Å². The molecule has 196 valence electrons. The number of rotatable bonds is 8. The number of unbranched alkanes of at least 4 members (excludes halogenated alkanes) is 1. The Morgan fingerprint density at radius 1 is 0.889 bits per heavy atom. The van der Waals surface area contributed by atoms with Crippen LogP contribution in [0.1, 0.15) is 43.7 Å². The average molecular weight is 515 g/mol. The average Bonchev–Trinajstić information content (AvgIpc) is 2.92. The second kappa shape index (κ2) is 11.2. The molecule has 2 aliphatic rings. The predicted molar refractivity (Wildman–Crippen MR) is 143 cm³/mol. The van der Waals surface area contributed by atoms with Crippen molar-refractivity contribution >= 4 is 27.3 Å². The van der Waals surface area contributed by atoms with Gasteiger partial charge in [-0.25, -0.2) is 13.9 Å². The van der Waals surface area contributed by atoms with E-state index in [9.17, 15) is 18.4 Å². The van der Waals surface area contributed by atoms with Gasteiger partial charge < -0.3 is 9.80 Å². The lowest BCUT2D eigenvalue weighted by Gasteiger charge is -2.44. The Balaban J connectivity index is 1.44. The number of hydrogen-bond acceptors (Lipinski definition) is 6. The molecule has 2 fully saturated rings. The first-order chi connectivity index (χ1) is 17.3. The van der Waals surface area contributed by atoms with Gasteiger partial charge in [-0.05, 0) is 62.4 Å². The first kappa shape index (κ1) is 26.4. The molecule has 8 nitrogen and oxygen atoms in total. The van der Waals surface area contributed by atoms with Crippen LogP contribution < -0.4 is 15.3 Å². The SMILES string of the molecule is CCCCc1ccc(N2CCN(S(=O)(=O)C3(C(=O)NO)CCN(c4ccc(C)cc4)CC3)CC2)cc1. The number of sulfonamides is 1. The molecule has 0 spiro atoms. The van der Waals surface area contributed by atoms with Crippen molar-refractivity contribution < 1.29 is 18.4 Å². The number of carbonyl (C=O) groups excluding carboxylic acids is 1. The van der Waals surface area contributed by atoms with Gasteiger partial charge in [0.15, 0.2) is 4.75 Å². The van der Waals surface area contributed by atoms with Crippen LogP contribution in [0.5, 0.6) is 0 Å². The summed E-state index contributed by atoms with van der Waals surface area (Å²) < 4.78 is 27.5. The van der Waals surface area contributed by atoms with E-state index in [-0.39, 0.29) is 12.8 Å². The Kier molecular flexibility index (Phi) is 8.22. The van der Waals surface area contributed by atoms with Crippen molar-refractivity contribution in [3.63, 3.8) is 0 Å². The van der Waals surface area contributed by atoms with Crippen LogP contribution in [-0.4, -0.2) is 67.9 Å². The van der Waals surface area contributed by atoms with E-state index in [1.807, 2.05) is 31.2 Å². The van der Waals surface area contributed by atoms with E-state index in [1.54, 1.807) is 5.48 Å². The monoisotopic (exact) mass is 514 g/mol. The van der Waals surface area contributed by atoms with E-state index in [0.29, 0.717) is 39.3 Å². The summed E-state index contributed by atoms with van der Waals surface area (Å²) in [5, 5.41) is 9.49. The molecule has 2 aromatic carbocycles. The second-order valence-corrected chi connectivity index (χ2v) is 12.2. The lowest BCUT2D eigenvalue weighted by molar-refractivity contribution is -0.132. The van der Waals surface area contributed by atoms with Gasteiger partial charge in [-0.1, -0.05) is 43.2 Å². The summed E-state index contributed by atoms with van der Waals surface area (Å²) in [5.74, 6) is -0.837. The number of nitrogens with one attached hydrogen (secondary N) is 1. The molecule has 4 rings (SSSR count). The molecule has 2 aliphatic heterocycles. The van der Waals surface area contributed by atoms with Crippen LogP contribution in [0.4, 0.5) is 11.4 Å². The zero-order valence-corrected chi connectivity index (χ0v) is 22.1. The summed E-state index contributed by atoms with van der Waals surface area (Å²) in [6, 6.07) is 16.6. The molecule has 0 aromatic heterocycles. The second-order valence-electron chi connectivity index (χ2n) is 9.92. The number of hydrogen-bond donors (Lipinski definition) is 2. The van der Waals surface area contributed by atoms with Crippen LogP contribution in [0.25, 0.3) is 0 Å². The first-order valence-corrected chi connectivity index (χ1v) is 14.3. The molecule has 2 saturated heterocycles. The minimum absolute atomic E-state index is 0.120. The van der Waals surface area contributed by atoms with E-state index in [1.165, 1.54) is 16.3 Å². The Morgan fingerprint density at radius 2 is 1.42 bits per heavy atom. The zero-order chi connectivity index (χ0) is 25.8. The number of hydroxylamine groups is 1. The van der Waals surface area contributed by atoms with Crippen LogP contribution in [0.3, 0.4) is 0 Å². The molecule has 0 saturated carbocycles. The van der Waals surface area contributed by atoms with Crippen molar-refractivity contribution in [2.45, 2.75) is 50.7 Å². The number of piperazine rings is 1. The lowest BCUT2D eigenvalue weighted by atomic mass is 9.94. The summed E-state index contributed by atoms with van der Waals surface area (Å²) in [4.78, 5) is 17.1. The molecular formula is C27H38N4O4S. The Labute approximate surface area is 214 Å². The fraction of sp³-hybridized carbons (Fsp3) is 0.519. The van der Waals surface area contributed by atoms with Gasteiger partial charge >= 0.3 is 0 Å². The topological polar surface area (TPSA) is 93.2 Å². The van der Waals surface area contributed by atoms with Crippen LogP contribution in [0.15, 0.2) is 48.5 Å². The maximum absolute atomic E-state index is 13.9. The third-order valence-corrected chi connectivity index (χ3v) is 10.3. The Bertz CT molecular complexity index is 1120. The summed E-state index contributed by atoms with van der Waals surface area (Å²) in [5.41, 5.74) is 6.22. The van der Waals surface area contributed by atoms with E-state index >= 15 is 0 Å². The zero-order valence-electron chi connectivity index (χ0n) is 21.3. The van der Waals surface area contributed by atoms with Crippen LogP contribution in [-0.2, 0) is 21.2 Å². The predicted octanol–water partition coefficient (Wildman–Crippen LogP) is 3.33. The highest BCUT2D eigenvalue weighted by Crippen LogP contribution is 2.36. The Hall–Kier alpha value is -2.62. The fourth-order valence-corrected chi connectivity index (χ4v) is 7.39. The van der Waals surface area contributed by atoms with Gasteiger partial charge in [-0.2, -0.15) is 4.31 Å². The van der Waals surface area contributed by atoms with Crippen molar-refractivity contribution in [1.29, 1.82) is 0 Å². The molecule has 0 bridgehead atoms. The maximum Gasteiger partial charge on any atom is 0.266 e. The van der Waals surface area contributed by atoms with Crippen molar-refractivity contribution in [3.8, 4) is 0 Å². The third-order valence-electron chi connectivity index (χ3n) is 7.68. The summed E-state index contributed by atoms with van der Waals surface area (Å²) in [6.45, 7) is 6.76. The lowest BCUT2D eigenvalue weighted by Crippen LogP contribution is -2.63. The van der Waals surface area contributed by atoms with Gasteiger partial charge in [-0.3, -0.25) is 10.0 Å². The number of aryl methyl sites for hydroxylation is 2. The molecule has 0 aliphatic carbocycles. The number of amides is 1. The molecule has 0 atom stereocenters. The third kappa shape index (κ3) is 5.23. The smallest absolute Gasteiger partial charge is 0.266 e. The van der Waals surface area contributed by atoms with Gasteiger partial charge in [0.05, 0.1) is 0 Å². The summed E-state index contributed by atoms with van der Waals surface area (Å²) >= 11 is 0. The number of benzene rings is 2. The minimum Gasteiger partial charge on any atom is -0.371 e.